The van der Waals surface area contributed by atoms with E-state index in [0.717, 1.165) is 0 Å². The van der Waals surface area contributed by atoms with E-state index in [9.17, 15) is 9.18 Å². The lowest BCUT2D eigenvalue weighted by atomic mass is 10.2. The van der Waals surface area contributed by atoms with Crippen LogP contribution in [-0.4, -0.2) is 19.0 Å². The standard InChI is InChI=1S/C16H15FN2OS/c1-2-19(14-8-4-3-7-13(14)17)16(20)15-12(6-5-10-18)9-11-21-15/h3-4,7-9,11H,2,10,18H2,1H3. The van der Waals surface area contributed by atoms with Crippen molar-refractivity contribution < 1.29 is 9.18 Å². The maximum Gasteiger partial charge on any atom is 0.269 e. The van der Waals surface area contributed by atoms with E-state index in [1.165, 1.54) is 22.3 Å². The summed E-state index contributed by atoms with van der Waals surface area (Å²) in [5.41, 5.74) is 6.26. The van der Waals surface area contributed by atoms with E-state index >= 15 is 0 Å². The molecule has 0 bridgehead atoms. The minimum absolute atomic E-state index is 0.230. The van der Waals surface area contributed by atoms with Crippen molar-refractivity contribution in [3.05, 3.63) is 52.0 Å². The number of para-hydroxylation sites is 1. The molecule has 0 aliphatic rings. The molecule has 1 heterocycles. The van der Waals surface area contributed by atoms with Crippen molar-refractivity contribution >= 4 is 22.9 Å². The van der Waals surface area contributed by atoms with Crippen molar-refractivity contribution in [2.75, 3.05) is 18.0 Å². The third kappa shape index (κ3) is 3.30. The summed E-state index contributed by atoms with van der Waals surface area (Å²) in [6, 6.07) is 8.01. The molecule has 0 radical (unpaired) electrons. The molecule has 0 aliphatic carbocycles. The Hall–Kier alpha value is -2.16. The van der Waals surface area contributed by atoms with Gasteiger partial charge in [-0.3, -0.25) is 4.79 Å². The number of benzene rings is 1. The van der Waals surface area contributed by atoms with Crippen molar-refractivity contribution in [3.8, 4) is 11.8 Å². The molecular weight excluding hydrogens is 287 g/mol. The summed E-state index contributed by atoms with van der Waals surface area (Å²) in [5.74, 6) is 4.94. The quantitative estimate of drug-likeness (QED) is 0.886. The van der Waals surface area contributed by atoms with E-state index in [2.05, 4.69) is 11.8 Å². The highest BCUT2D eigenvalue weighted by Gasteiger charge is 2.22. The van der Waals surface area contributed by atoms with E-state index in [0.29, 0.717) is 17.0 Å². The molecule has 2 rings (SSSR count). The van der Waals surface area contributed by atoms with Gasteiger partial charge in [0.2, 0.25) is 0 Å². The number of nitrogens with zero attached hydrogens (tertiary/aromatic N) is 1. The molecule has 0 saturated carbocycles. The minimum atomic E-state index is -0.418. The van der Waals surface area contributed by atoms with Crippen LogP contribution in [0.2, 0.25) is 0 Å². The third-order valence-corrected chi connectivity index (χ3v) is 3.79. The summed E-state index contributed by atoms with van der Waals surface area (Å²) in [7, 11) is 0. The Labute approximate surface area is 127 Å². The van der Waals surface area contributed by atoms with E-state index in [1.807, 2.05) is 6.92 Å². The molecule has 108 valence electrons. The number of halogens is 1. The second-order valence-corrected chi connectivity index (χ2v) is 5.09. The number of anilines is 1. The molecule has 0 aliphatic heterocycles. The zero-order chi connectivity index (χ0) is 15.2. The van der Waals surface area contributed by atoms with E-state index in [-0.39, 0.29) is 18.1 Å². The Balaban J connectivity index is 2.38. The van der Waals surface area contributed by atoms with Gasteiger partial charge in [-0.2, -0.15) is 0 Å². The van der Waals surface area contributed by atoms with Gasteiger partial charge < -0.3 is 10.6 Å². The lowest BCUT2D eigenvalue weighted by molar-refractivity contribution is 0.0991. The van der Waals surface area contributed by atoms with Crippen LogP contribution in [0.15, 0.2) is 35.7 Å². The largest absolute Gasteiger partial charge is 0.320 e. The maximum atomic E-state index is 13.9. The van der Waals surface area contributed by atoms with Crippen molar-refractivity contribution in [3.63, 3.8) is 0 Å². The Morgan fingerprint density at radius 2 is 2.14 bits per heavy atom. The number of nitrogens with two attached hydrogens (primary N) is 1. The maximum absolute atomic E-state index is 13.9. The van der Waals surface area contributed by atoms with Crippen LogP contribution >= 0.6 is 11.3 Å². The molecule has 0 saturated heterocycles. The normalized spacial score (nSPS) is 9.86. The molecule has 0 unspecified atom stereocenters. The van der Waals surface area contributed by atoms with Crippen LogP contribution in [0.3, 0.4) is 0 Å². The topological polar surface area (TPSA) is 46.3 Å². The van der Waals surface area contributed by atoms with Gasteiger partial charge >= 0.3 is 0 Å². The highest BCUT2D eigenvalue weighted by atomic mass is 32.1. The number of hydrogen-bond donors (Lipinski definition) is 1. The number of carbonyl (C=O) groups excluding carboxylic acids is 1. The molecule has 1 aromatic heterocycles. The Bertz CT molecular complexity index is 700. The van der Waals surface area contributed by atoms with Gasteiger partial charge in [0.1, 0.15) is 10.7 Å². The summed E-state index contributed by atoms with van der Waals surface area (Å²) >= 11 is 1.30. The molecule has 1 amide bonds. The van der Waals surface area contributed by atoms with Crippen molar-refractivity contribution in [2.24, 2.45) is 5.73 Å². The molecule has 1 aromatic carbocycles. The first-order valence-corrected chi connectivity index (χ1v) is 7.39. The van der Waals surface area contributed by atoms with E-state index in [4.69, 9.17) is 5.73 Å². The highest BCUT2D eigenvalue weighted by molar-refractivity contribution is 7.12. The van der Waals surface area contributed by atoms with Crippen molar-refractivity contribution in [1.82, 2.24) is 0 Å². The van der Waals surface area contributed by atoms with Gasteiger partial charge in [0.15, 0.2) is 0 Å². The van der Waals surface area contributed by atoms with Crippen LogP contribution in [0, 0.1) is 17.7 Å². The smallest absolute Gasteiger partial charge is 0.269 e. The third-order valence-electron chi connectivity index (χ3n) is 2.89. The average molecular weight is 302 g/mol. The fraction of sp³-hybridized carbons (Fsp3) is 0.188. The number of rotatable bonds is 3. The van der Waals surface area contributed by atoms with Crippen LogP contribution in [0.4, 0.5) is 10.1 Å². The summed E-state index contributed by atoms with van der Waals surface area (Å²) in [6.07, 6.45) is 0. The Morgan fingerprint density at radius 1 is 1.38 bits per heavy atom. The summed E-state index contributed by atoms with van der Waals surface area (Å²) in [4.78, 5) is 14.6. The Kier molecular flexibility index (Phi) is 5.09. The molecule has 0 atom stereocenters. The molecule has 2 aromatic rings. The summed E-state index contributed by atoms with van der Waals surface area (Å²) in [6.45, 7) is 2.42. The monoisotopic (exact) mass is 302 g/mol. The first-order valence-electron chi connectivity index (χ1n) is 6.51. The second-order valence-electron chi connectivity index (χ2n) is 4.17. The number of thiophene rings is 1. The van der Waals surface area contributed by atoms with Crippen LogP contribution in [0.1, 0.15) is 22.2 Å². The predicted molar refractivity (Wildman–Crippen MR) is 84.0 cm³/mol. The van der Waals surface area contributed by atoms with E-state index in [1.54, 1.807) is 29.6 Å². The van der Waals surface area contributed by atoms with Gasteiger partial charge in [0, 0.05) is 12.1 Å². The zero-order valence-electron chi connectivity index (χ0n) is 11.6. The van der Waals surface area contributed by atoms with Crippen LogP contribution in [0.25, 0.3) is 0 Å². The van der Waals surface area contributed by atoms with Crippen molar-refractivity contribution in [2.45, 2.75) is 6.92 Å². The fourth-order valence-corrected chi connectivity index (χ4v) is 2.73. The molecule has 2 N–H and O–H groups in total. The van der Waals surface area contributed by atoms with Gasteiger partial charge in [-0.15, -0.1) is 11.3 Å². The van der Waals surface area contributed by atoms with Gasteiger partial charge in [-0.05, 0) is 30.5 Å². The molecular formula is C16H15FN2OS. The van der Waals surface area contributed by atoms with Crippen LogP contribution in [-0.2, 0) is 0 Å². The first kappa shape index (κ1) is 15.2. The number of amides is 1. The zero-order valence-corrected chi connectivity index (χ0v) is 12.4. The number of carbonyl (C=O) groups is 1. The SMILES string of the molecule is CCN(C(=O)c1sccc1C#CCN)c1ccccc1F. The fourth-order valence-electron chi connectivity index (χ4n) is 1.94. The van der Waals surface area contributed by atoms with Gasteiger partial charge in [0.05, 0.1) is 12.2 Å². The second kappa shape index (κ2) is 7.02. The molecule has 5 heteroatoms. The van der Waals surface area contributed by atoms with Gasteiger partial charge in [0.25, 0.3) is 5.91 Å². The molecule has 3 nitrogen and oxygen atoms in total. The lowest BCUT2D eigenvalue weighted by Gasteiger charge is -2.21. The Morgan fingerprint density at radius 3 is 2.81 bits per heavy atom. The molecule has 0 spiro atoms. The highest BCUT2D eigenvalue weighted by Crippen LogP contribution is 2.24. The average Bonchev–Trinajstić information content (AvgIpc) is 2.96. The van der Waals surface area contributed by atoms with E-state index < -0.39 is 5.82 Å². The van der Waals surface area contributed by atoms with Crippen molar-refractivity contribution in [1.29, 1.82) is 0 Å². The van der Waals surface area contributed by atoms with Gasteiger partial charge in [-0.25, -0.2) is 4.39 Å². The first-order chi connectivity index (χ1) is 10.2. The summed E-state index contributed by atoms with van der Waals surface area (Å²) in [5, 5.41) is 1.79. The molecule has 0 fully saturated rings. The predicted octanol–water partition coefficient (Wildman–Crippen LogP) is 2.86. The number of hydrogen-bond acceptors (Lipinski definition) is 3. The van der Waals surface area contributed by atoms with Crippen LogP contribution < -0.4 is 10.6 Å². The lowest BCUT2D eigenvalue weighted by Crippen LogP contribution is -2.31. The summed E-state index contributed by atoms with van der Waals surface area (Å²) < 4.78 is 13.9. The molecule has 21 heavy (non-hydrogen) atoms. The van der Waals surface area contributed by atoms with Crippen LogP contribution in [0.5, 0.6) is 0 Å². The minimum Gasteiger partial charge on any atom is -0.320 e. The van der Waals surface area contributed by atoms with Gasteiger partial charge in [-0.1, -0.05) is 24.0 Å².